The number of halogens is 1. The SMILES string of the molecule is CCn1c(=O)[nH]c2cc(C(=O)NCCCOc3ccc(F)cc3)ccc2c1=O. The Labute approximate surface area is 159 Å². The molecule has 0 aliphatic carbocycles. The third kappa shape index (κ3) is 4.28. The summed E-state index contributed by atoms with van der Waals surface area (Å²) in [5.74, 6) is -0.0851. The van der Waals surface area contributed by atoms with E-state index in [4.69, 9.17) is 4.74 Å². The second-order valence-corrected chi connectivity index (χ2v) is 6.15. The number of carbonyl (C=O) groups is 1. The fourth-order valence-corrected chi connectivity index (χ4v) is 2.78. The number of aromatic amines is 1. The summed E-state index contributed by atoms with van der Waals surface area (Å²) >= 11 is 0. The quantitative estimate of drug-likeness (QED) is 0.609. The first-order valence-corrected chi connectivity index (χ1v) is 8.93. The van der Waals surface area contributed by atoms with Crippen LogP contribution >= 0.6 is 0 Å². The van der Waals surface area contributed by atoms with Crippen LogP contribution in [0.25, 0.3) is 10.9 Å². The lowest BCUT2D eigenvalue weighted by Gasteiger charge is -2.08. The summed E-state index contributed by atoms with van der Waals surface area (Å²) in [6.07, 6.45) is 0.564. The maximum Gasteiger partial charge on any atom is 0.328 e. The van der Waals surface area contributed by atoms with Gasteiger partial charge in [0.1, 0.15) is 11.6 Å². The monoisotopic (exact) mass is 385 g/mol. The molecule has 1 heterocycles. The summed E-state index contributed by atoms with van der Waals surface area (Å²) < 4.78 is 19.4. The number of H-pyrrole nitrogens is 1. The van der Waals surface area contributed by atoms with Gasteiger partial charge in [0.2, 0.25) is 0 Å². The number of amides is 1. The normalized spacial score (nSPS) is 10.8. The van der Waals surface area contributed by atoms with Crippen molar-refractivity contribution < 1.29 is 13.9 Å². The third-order valence-electron chi connectivity index (χ3n) is 4.25. The highest BCUT2D eigenvalue weighted by atomic mass is 19.1. The Balaban J connectivity index is 1.58. The molecule has 0 atom stereocenters. The van der Waals surface area contributed by atoms with Gasteiger partial charge in [-0.05, 0) is 55.8 Å². The molecular weight excluding hydrogens is 365 g/mol. The van der Waals surface area contributed by atoms with Crippen LogP contribution in [-0.2, 0) is 6.54 Å². The van der Waals surface area contributed by atoms with Crippen molar-refractivity contribution in [3.05, 3.63) is 74.7 Å². The largest absolute Gasteiger partial charge is 0.494 e. The van der Waals surface area contributed by atoms with Gasteiger partial charge in [-0.1, -0.05) is 0 Å². The molecule has 0 saturated carbocycles. The number of benzene rings is 2. The van der Waals surface area contributed by atoms with Crippen LogP contribution in [0.1, 0.15) is 23.7 Å². The van der Waals surface area contributed by atoms with Crippen molar-refractivity contribution in [1.82, 2.24) is 14.9 Å². The van der Waals surface area contributed by atoms with Crippen LogP contribution in [0.3, 0.4) is 0 Å². The van der Waals surface area contributed by atoms with E-state index >= 15 is 0 Å². The van der Waals surface area contributed by atoms with E-state index in [9.17, 15) is 18.8 Å². The molecule has 0 spiro atoms. The fourth-order valence-electron chi connectivity index (χ4n) is 2.78. The molecule has 0 aliphatic heterocycles. The molecular formula is C20H20FN3O4. The zero-order valence-corrected chi connectivity index (χ0v) is 15.3. The highest BCUT2D eigenvalue weighted by Gasteiger charge is 2.10. The molecule has 0 saturated heterocycles. The summed E-state index contributed by atoms with van der Waals surface area (Å²) in [5, 5.41) is 3.11. The average molecular weight is 385 g/mol. The van der Waals surface area contributed by atoms with Gasteiger partial charge in [0.05, 0.1) is 17.5 Å². The molecule has 1 aromatic heterocycles. The van der Waals surface area contributed by atoms with E-state index in [2.05, 4.69) is 10.3 Å². The van der Waals surface area contributed by atoms with Gasteiger partial charge in [0.15, 0.2) is 0 Å². The molecule has 0 unspecified atom stereocenters. The lowest BCUT2D eigenvalue weighted by atomic mass is 10.1. The lowest BCUT2D eigenvalue weighted by molar-refractivity contribution is 0.0951. The minimum absolute atomic E-state index is 0.270. The molecule has 7 nitrogen and oxygen atoms in total. The van der Waals surface area contributed by atoms with E-state index in [0.717, 1.165) is 4.57 Å². The summed E-state index contributed by atoms with van der Waals surface area (Å²) in [7, 11) is 0. The molecule has 146 valence electrons. The first kappa shape index (κ1) is 19.3. The van der Waals surface area contributed by atoms with Gasteiger partial charge in [-0.3, -0.25) is 14.2 Å². The topological polar surface area (TPSA) is 93.2 Å². The number of ether oxygens (including phenoxy) is 1. The van der Waals surface area contributed by atoms with Crippen molar-refractivity contribution in [3.8, 4) is 5.75 Å². The minimum atomic E-state index is -0.504. The van der Waals surface area contributed by atoms with Crippen LogP contribution in [0.2, 0.25) is 0 Å². The first-order valence-electron chi connectivity index (χ1n) is 8.93. The zero-order chi connectivity index (χ0) is 20.1. The number of carbonyl (C=O) groups excluding carboxylic acids is 1. The molecule has 0 aliphatic rings. The molecule has 28 heavy (non-hydrogen) atoms. The van der Waals surface area contributed by atoms with Crippen molar-refractivity contribution in [1.29, 1.82) is 0 Å². The molecule has 2 N–H and O–H groups in total. The molecule has 3 aromatic rings. The Hall–Kier alpha value is -3.42. The van der Waals surface area contributed by atoms with Gasteiger partial charge in [0, 0.05) is 18.7 Å². The van der Waals surface area contributed by atoms with E-state index < -0.39 is 5.69 Å². The molecule has 8 heteroatoms. The second-order valence-electron chi connectivity index (χ2n) is 6.15. The zero-order valence-electron chi connectivity index (χ0n) is 15.3. The maximum absolute atomic E-state index is 12.8. The Morgan fingerprint density at radius 3 is 2.64 bits per heavy atom. The maximum atomic E-state index is 12.8. The van der Waals surface area contributed by atoms with Crippen molar-refractivity contribution >= 4 is 16.8 Å². The average Bonchev–Trinajstić information content (AvgIpc) is 2.69. The van der Waals surface area contributed by atoms with Gasteiger partial charge in [-0.15, -0.1) is 0 Å². The molecule has 3 rings (SSSR count). The molecule has 0 fully saturated rings. The van der Waals surface area contributed by atoms with Crippen molar-refractivity contribution in [2.75, 3.05) is 13.2 Å². The number of nitrogens with one attached hydrogen (secondary N) is 2. The standard InChI is InChI=1S/C20H20FN3O4/c1-2-24-19(26)16-9-4-13(12-17(16)23-20(24)27)18(25)22-10-3-11-28-15-7-5-14(21)6-8-15/h4-9,12H,2-3,10-11H2,1H3,(H,22,25)(H,23,27). The first-order chi connectivity index (χ1) is 13.5. The Morgan fingerprint density at radius 1 is 1.18 bits per heavy atom. The molecule has 0 bridgehead atoms. The molecule has 1 amide bonds. The van der Waals surface area contributed by atoms with Crippen molar-refractivity contribution in [2.24, 2.45) is 0 Å². The van der Waals surface area contributed by atoms with E-state index in [1.807, 2.05) is 0 Å². The molecule has 2 aromatic carbocycles. The number of hydrogen-bond donors (Lipinski definition) is 2. The number of rotatable bonds is 7. The van der Waals surface area contributed by atoms with Crippen LogP contribution < -0.4 is 21.3 Å². The van der Waals surface area contributed by atoms with E-state index in [1.54, 1.807) is 13.0 Å². The summed E-state index contributed by atoms with van der Waals surface area (Å²) in [6, 6.07) is 10.3. The van der Waals surface area contributed by atoms with Crippen LogP contribution in [-0.4, -0.2) is 28.6 Å². The number of aromatic nitrogens is 2. The van der Waals surface area contributed by atoms with Gasteiger partial charge in [-0.2, -0.15) is 0 Å². The number of fused-ring (bicyclic) bond motifs is 1. The third-order valence-corrected chi connectivity index (χ3v) is 4.25. The highest BCUT2D eigenvalue weighted by Crippen LogP contribution is 2.11. The van der Waals surface area contributed by atoms with E-state index in [1.165, 1.54) is 36.4 Å². The number of nitrogens with zero attached hydrogens (tertiary/aromatic N) is 1. The van der Waals surface area contributed by atoms with Crippen molar-refractivity contribution in [3.63, 3.8) is 0 Å². The van der Waals surface area contributed by atoms with E-state index in [-0.39, 0.29) is 23.8 Å². The van der Waals surface area contributed by atoms with Gasteiger partial charge in [-0.25, -0.2) is 9.18 Å². The van der Waals surface area contributed by atoms with Gasteiger partial charge >= 0.3 is 5.69 Å². The van der Waals surface area contributed by atoms with Crippen LogP contribution in [0.5, 0.6) is 5.75 Å². The Morgan fingerprint density at radius 2 is 1.93 bits per heavy atom. The predicted octanol–water partition coefficient (Wildman–Crippen LogP) is 2.05. The van der Waals surface area contributed by atoms with Gasteiger partial charge < -0.3 is 15.0 Å². The second kappa shape index (κ2) is 8.51. The van der Waals surface area contributed by atoms with Crippen LogP contribution in [0, 0.1) is 5.82 Å². The van der Waals surface area contributed by atoms with Crippen LogP contribution in [0.4, 0.5) is 4.39 Å². The summed E-state index contributed by atoms with van der Waals surface area (Å²) in [4.78, 5) is 39.1. The smallest absolute Gasteiger partial charge is 0.328 e. The highest BCUT2D eigenvalue weighted by molar-refractivity contribution is 5.97. The predicted molar refractivity (Wildman–Crippen MR) is 103 cm³/mol. The minimum Gasteiger partial charge on any atom is -0.494 e. The summed E-state index contributed by atoms with van der Waals surface area (Å²) in [6.45, 7) is 2.73. The van der Waals surface area contributed by atoms with Crippen molar-refractivity contribution in [2.45, 2.75) is 19.9 Å². The summed E-state index contributed by atoms with van der Waals surface area (Å²) in [5.41, 5.74) is -0.218. The lowest BCUT2D eigenvalue weighted by Crippen LogP contribution is -2.34. The molecule has 0 radical (unpaired) electrons. The fraction of sp³-hybridized carbons (Fsp3) is 0.250. The Kier molecular flexibility index (Phi) is 5.88. The van der Waals surface area contributed by atoms with E-state index in [0.29, 0.717) is 41.8 Å². The Bertz CT molecular complexity index is 1100. The number of hydrogen-bond acceptors (Lipinski definition) is 4. The van der Waals surface area contributed by atoms with Gasteiger partial charge in [0.25, 0.3) is 11.5 Å². The van der Waals surface area contributed by atoms with Crippen LogP contribution in [0.15, 0.2) is 52.1 Å².